The van der Waals surface area contributed by atoms with Crippen molar-refractivity contribution in [1.82, 2.24) is 4.90 Å². The summed E-state index contributed by atoms with van der Waals surface area (Å²) in [6, 6.07) is 8.65. The first-order valence-corrected chi connectivity index (χ1v) is 6.28. The van der Waals surface area contributed by atoms with E-state index in [2.05, 4.69) is 5.32 Å². The van der Waals surface area contributed by atoms with Gasteiger partial charge in [0.15, 0.2) is 0 Å². The summed E-state index contributed by atoms with van der Waals surface area (Å²) in [5, 5.41) is 12.5. The first-order valence-electron chi connectivity index (χ1n) is 5.91. The summed E-state index contributed by atoms with van der Waals surface area (Å²) in [7, 11) is 1.78. The molecule has 0 radical (unpaired) electrons. The zero-order chi connectivity index (χ0) is 14.5. The van der Waals surface area contributed by atoms with Crippen molar-refractivity contribution in [2.75, 3.05) is 12.4 Å². The molecule has 1 heterocycles. The molecule has 1 aromatic rings. The van der Waals surface area contributed by atoms with Crippen molar-refractivity contribution in [2.24, 2.45) is 0 Å². The third kappa shape index (κ3) is 3.08. The Morgan fingerprint density at radius 3 is 2.60 bits per heavy atom. The number of halogens is 1. The molecule has 1 N–H and O–H groups in total. The van der Waals surface area contributed by atoms with Gasteiger partial charge in [0.1, 0.15) is 11.6 Å². The maximum Gasteiger partial charge on any atom is 0.268 e. The largest absolute Gasteiger partial charge is 0.350 e. The van der Waals surface area contributed by atoms with Crippen LogP contribution >= 0.6 is 11.6 Å². The third-order valence-corrected chi connectivity index (χ3v) is 3.00. The van der Waals surface area contributed by atoms with Crippen LogP contribution in [-0.4, -0.2) is 17.9 Å². The molecule has 1 aliphatic heterocycles. The van der Waals surface area contributed by atoms with Gasteiger partial charge >= 0.3 is 0 Å². The van der Waals surface area contributed by atoms with Gasteiger partial charge in [-0.15, -0.1) is 0 Å². The van der Waals surface area contributed by atoms with Gasteiger partial charge in [0.2, 0.25) is 0 Å². The molecule has 4 nitrogen and oxygen atoms in total. The van der Waals surface area contributed by atoms with E-state index in [1.807, 2.05) is 12.1 Å². The zero-order valence-corrected chi connectivity index (χ0v) is 11.6. The number of likely N-dealkylation sites (N-methyl/N-ethyl adjacent to an activating group) is 1. The average molecular weight is 286 g/mol. The van der Waals surface area contributed by atoms with Crippen molar-refractivity contribution in [1.29, 1.82) is 5.26 Å². The Morgan fingerprint density at radius 2 is 2.00 bits per heavy atom. The minimum Gasteiger partial charge on any atom is -0.350 e. The van der Waals surface area contributed by atoms with Gasteiger partial charge in [-0.25, -0.2) is 0 Å². The highest BCUT2D eigenvalue weighted by Gasteiger charge is 2.17. The maximum atomic E-state index is 12.2. The highest BCUT2D eigenvalue weighted by Crippen LogP contribution is 2.18. The van der Waals surface area contributed by atoms with Crippen LogP contribution in [0.15, 0.2) is 60.0 Å². The quantitative estimate of drug-likeness (QED) is 0.671. The van der Waals surface area contributed by atoms with E-state index in [-0.39, 0.29) is 5.57 Å². The Hall–Kier alpha value is -2.51. The molecule has 0 spiro atoms. The third-order valence-electron chi connectivity index (χ3n) is 2.75. The van der Waals surface area contributed by atoms with Gasteiger partial charge in [0.25, 0.3) is 5.91 Å². The molecule has 1 aromatic carbocycles. The molecule has 100 valence electrons. The maximum absolute atomic E-state index is 12.2. The summed E-state index contributed by atoms with van der Waals surface area (Å²) in [6.07, 6.45) is 7.11. The Morgan fingerprint density at radius 1 is 1.30 bits per heavy atom. The molecule has 0 bridgehead atoms. The molecular formula is C15H12ClN3O. The van der Waals surface area contributed by atoms with E-state index in [0.29, 0.717) is 16.4 Å². The first kappa shape index (κ1) is 13.9. The van der Waals surface area contributed by atoms with Crippen LogP contribution in [0.5, 0.6) is 0 Å². The van der Waals surface area contributed by atoms with Crippen molar-refractivity contribution >= 4 is 23.2 Å². The van der Waals surface area contributed by atoms with Crippen LogP contribution in [0.4, 0.5) is 5.69 Å². The predicted octanol–water partition coefficient (Wildman–Crippen LogP) is 3.07. The SMILES string of the molecule is CN1C=CC=CC1=C(C#N)C(=O)Nc1ccc(Cl)cc1. The first-order chi connectivity index (χ1) is 9.61. The van der Waals surface area contributed by atoms with Crippen LogP contribution < -0.4 is 5.32 Å². The number of nitriles is 1. The molecule has 0 saturated heterocycles. The van der Waals surface area contributed by atoms with Crippen LogP contribution in [-0.2, 0) is 4.79 Å². The number of allylic oxidation sites excluding steroid dienone is 3. The lowest BCUT2D eigenvalue weighted by molar-refractivity contribution is -0.112. The van der Waals surface area contributed by atoms with E-state index in [1.165, 1.54) is 0 Å². The fraction of sp³-hybridized carbons (Fsp3) is 0.0667. The predicted molar refractivity (Wildman–Crippen MR) is 78.8 cm³/mol. The number of nitrogens with zero attached hydrogens (tertiary/aromatic N) is 2. The highest BCUT2D eigenvalue weighted by molar-refractivity contribution is 6.30. The van der Waals surface area contributed by atoms with Crippen LogP contribution in [0, 0.1) is 11.3 Å². The molecule has 0 aliphatic carbocycles. The van der Waals surface area contributed by atoms with Crippen LogP contribution in [0.2, 0.25) is 5.02 Å². The van der Waals surface area contributed by atoms with Gasteiger partial charge in [-0.05, 0) is 36.4 Å². The van der Waals surface area contributed by atoms with Gasteiger partial charge in [0.05, 0.1) is 5.70 Å². The molecule has 0 aromatic heterocycles. The Labute approximate surface area is 122 Å². The van der Waals surface area contributed by atoms with Gasteiger partial charge < -0.3 is 10.2 Å². The van der Waals surface area contributed by atoms with Gasteiger partial charge in [0, 0.05) is 24.0 Å². The lowest BCUT2D eigenvalue weighted by atomic mass is 10.1. The highest BCUT2D eigenvalue weighted by atomic mass is 35.5. The summed E-state index contributed by atoms with van der Waals surface area (Å²) in [4.78, 5) is 13.9. The number of carbonyl (C=O) groups is 1. The van der Waals surface area contributed by atoms with Crippen molar-refractivity contribution in [3.63, 3.8) is 0 Å². The zero-order valence-electron chi connectivity index (χ0n) is 10.8. The molecule has 20 heavy (non-hydrogen) atoms. The minimum atomic E-state index is -0.448. The molecule has 2 rings (SSSR count). The molecular weight excluding hydrogens is 274 g/mol. The molecule has 0 fully saturated rings. The fourth-order valence-electron chi connectivity index (χ4n) is 1.73. The number of hydrogen-bond donors (Lipinski definition) is 1. The second-order valence-electron chi connectivity index (χ2n) is 4.14. The second-order valence-corrected chi connectivity index (χ2v) is 4.58. The van der Waals surface area contributed by atoms with Gasteiger partial charge in [-0.2, -0.15) is 5.26 Å². The number of carbonyl (C=O) groups excluding carboxylic acids is 1. The summed E-state index contributed by atoms with van der Waals surface area (Å²) in [5.41, 5.74) is 1.20. The summed E-state index contributed by atoms with van der Waals surface area (Å²) < 4.78 is 0. The smallest absolute Gasteiger partial charge is 0.268 e. The lowest BCUT2D eigenvalue weighted by Crippen LogP contribution is -2.20. The van der Waals surface area contributed by atoms with E-state index in [0.717, 1.165) is 0 Å². The Bertz CT molecular complexity index is 651. The summed E-state index contributed by atoms with van der Waals surface area (Å²) in [6.45, 7) is 0. The Balaban J connectivity index is 2.25. The molecule has 0 saturated carbocycles. The van der Waals surface area contributed by atoms with Crippen LogP contribution in [0.1, 0.15) is 0 Å². The number of hydrogen-bond acceptors (Lipinski definition) is 3. The van der Waals surface area contributed by atoms with E-state index < -0.39 is 5.91 Å². The minimum absolute atomic E-state index is 0.0584. The average Bonchev–Trinajstić information content (AvgIpc) is 2.44. The number of nitrogens with one attached hydrogen (secondary N) is 1. The summed E-state index contributed by atoms with van der Waals surface area (Å²) >= 11 is 5.78. The standard InChI is InChI=1S/C15H12ClN3O/c1-19-9-3-2-4-14(19)13(10-17)15(20)18-12-7-5-11(16)6-8-12/h2-9H,1H3,(H,18,20). The summed E-state index contributed by atoms with van der Waals surface area (Å²) in [5.74, 6) is -0.448. The fourth-order valence-corrected chi connectivity index (χ4v) is 1.86. The monoisotopic (exact) mass is 285 g/mol. The lowest BCUT2D eigenvalue weighted by Gasteiger charge is -2.19. The van der Waals surface area contributed by atoms with Gasteiger partial charge in [-0.1, -0.05) is 17.7 Å². The second kappa shape index (κ2) is 6.09. The number of benzene rings is 1. The van der Waals surface area contributed by atoms with Crippen molar-refractivity contribution in [3.05, 3.63) is 65.0 Å². The topological polar surface area (TPSA) is 56.1 Å². The number of amides is 1. The molecule has 1 aliphatic rings. The van der Waals surface area contributed by atoms with Gasteiger partial charge in [-0.3, -0.25) is 4.79 Å². The van der Waals surface area contributed by atoms with Crippen LogP contribution in [0.25, 0.3) is 0 Å². The van der Waals surface area contributed by atoms with Crippen molar-refractivity contribution < 1.29 is 4.79 Å². The van der Waals surface area contributed by atoms with E-state index in [9.17, 15) is 10.1 Å². The number of anilines is 1. The molecule has 1 amide bonds. The Kier molecular flexibility index (Phi) is 4.24. The van der Waals surface area contributed by atoms with E-state index in [1.54, 1.807) is 54.6 Å². The molecule has 0 unspecified atom stereocenters. The van der Waals surface area contributed by atoms with E-state index in [4.69, 9.17) is 11.6 Å². The molecule has 0 atom stereocenters. The molecule has 5 heteroatoms. The number of rotatable bonds is 2. The normalized spacial score (nSPS) is 15.8. The van der Waals surface area contributed by atoms with E-state index >= 15 is 0 Å². The van der Waals surface area contributed by atoms with Crippen LogP contribution in [0.3, 0.4) is 0 Å². The van der Waals surface area contributed by atoms with Crippen molar-refractivity contribution in [3.8, 4) is 6.07 Å². The van der Waals surface area contributed by atoms with Crippen molar-refractivity contribution in [2.45, 2.75) is 0 Å².